The van der Waals surface area contributed by atoms with Crippen LogP contribution < -0.4 is 21.7 Å². The van der Waals surface area contributed by atoms with E-state index in [1.54, 1.807) is 7.05 Å². The number of fused-ring (bicyclic) bond motifs is 2. The molecule has 1 aromatic heterocycles. The van der Waals surface area contributed by atoms with Gasteiger partial charge in [-0.1, -0.05) is 91.0 Å². The molecule has 1 aliphatic rings. The van der Waals surface area contributed by atoms with Crippen molar-refractivity contribution in [1.29, 1.82) is 0 Å². The number of aromatic nitrogens is 1. The number of nitrogens with one attached hydrogen (secondary N) is 4. The largest absolute Gasteiger partial charge is 0.368 e. The van der Waals surface area contributed by atoms with Crippen LogP contribution in [0.3, 0.4) is 0 Å². The summed E-state index contributed by atoms with van der Waals surface area (Å²) in [6, 6.07) is 28.1. The van der Waals surface area contributed by atoms with Crippen molar-refractivity contribution >= 4 is 45.3 Å². The number of nitrogens with zero attached hydrogens (tertiary/aromatic N) is 1. The first-order valence-corrected chi connectivity index (χ1v) is 17.2. The number of carbonyl (C=O) groups is 4. The number of hydrogen-bond donors (Lipinski definition) is 5. The molecule has 1 saturated heterocycles. The van der Waals surface area contributed by atoms with Gasteiger partial charge in [0.25, 0.3) is 0 Å². The van der Waals surface area contributed by atoms with E-state index in [1.165, 1.54) is 4.90 Å². The predicted molar refractivity (Wildman–Crippen MR) is 195 cm³/mol. The van der Waals surface area contributed by atoms with E-state index in [9.17, 15) is 19.2 Å². The molecule has 10 heteroatoms. The first-order chi connectivity index (χ1) is 24.3. The third kappa shape index (κ3) is 8.20. The Morgan fingerprint density at radius 2 is 1.48 bits per heavy atom. The highest BCUT2D eigenvalue weighted by Crippen LogP contribution is 2.22. The molecule has 10 nitrogen and oxygen atoms in total. The zero-order valence-electron chi connectivity index (χ0n) is 28.2. The third-order valence-electron chi connectivity index (χ3n) is 9.73. The minimum atomic E-state index is -1.06. The number of rotatable bonds is 13. The van der Waals surface area contributed by atoms with E-state index in [2.05, 4.69) is 20.9 Å². The van der Waals surface area contributed by atoms with Gasteiger partial charge in [-0.3, -0.25) is 19.2 Å². The number of amides is 4. The SMILES string of the molecule is CN(C(=O)[C@@H](Cc1c[nH]c2ccccc12)NC(=O)[C@@H](Cc1ccc2ccccc2c1)NC(=O)C1CCNCC1)[C@@H](Cc1ccccc1)C(N)=O. The quantitative estimate of drug-likeness (QED) is 0.130. The van der Waals surface area contributed by atoms with Crippen LogP contribution in [0.2, 0.25) is 0 Å². The van der Waals surface area contributed by atoms with Gasteiger partial charge in [0.05, 0.1) is 0 Å². The Bertz CT molecular complexity index is 1970. The van der Waals surface area contributed by atoms with E-state index in [0.29, 0.717) is 12.8 Å². The summed E-state index contributed by atoms with van der Waals surface area (Å²) in [5.41, 5.74) is 9.31. The van der Waals surface area contributed by atoms with E-state index >= 15 is 0 Å². The van der Waals surface area contributed by atoms with Crippen LogP contribution in [0.5, 0.6) is 0 Å². The molecule has 4 aromatic carbocycles. The fourth-order valence-electron chi connectivity index (χ4n) is 6.84. The highest BCUT2D eigenvalue weighted by molar-refractivity contribution is 5.95. The normalized spacial score (nSPS) is 15.2. The van der Waals surface area contributed by atoms with Gasteiger partial charge in [0, 0.05) is 49.3 Å². The molecule has 258 valence electrons. The smallest absolute Gasteiger partial charge is 0.245 e. The highest BCUT2D eigenvalue weighted by Gasteiger charge is 2.34. The molecule has 0 radical (unpaired) electrons. The van der Waals surface area contributed by atoms with Crippen LogP contribution in [0.1, 0.15) is 29.5 Å². The zero-order chi connectivity index (χ0) is 35.0. The van der Waals surface area contributed by atoms with Gasteiger partial charge in [0.1, 0.15) is 18.1 Å². The molecule has 4 amide bonds. The molecule has 0 bridgehead atoms. The molecule has 50 heavy (non-hydrogen) atoms. The van der Waals surface area contributed by atoms with Crippen LogP contribution in [0, 0.1) is 5.92 Å². The molecular formula is C40H44N6O4. The Morgan fingerprint density at radius 1 is 0.780 bits per heavy atom. The Hall–Kier alpha value is -5.48. The van der Waals surface area contributed by atoms with Crippen LogP contribution in [0.25, 0.3) is 21.7 Å². The lowest BCUT2D eigenvalue weighted by molar-refractivity contribution is -0.141. The maximum atomic E-state index is 14.4. The number of hydrogen-bond acceptors (Lipinski definition) is 5. The summed E-state index contributed by atoms with van der Waals surface area (Å²) < 4.78 is 0. The molecule has 6 rings (SSSR count). The number of piperidine rings is 1. The van der Waals surface area contributed by atoms with Crippen LogP contribution in [-0.2, 0) is 38.4 Å². The molecule has 2 heterocycles. The van der Waals surface area contributed by atoms with Crippen molar-refractivity contribution in [3.8, 4) is 0 Å². The fourth-order valence-corrected chi connectivity index (χ4v) is 6.84. The van der Waals surface area contributed by atoms with E-state index in [0.717, 1.165) is 51.5 Å². The number of primary amides is 1. The third-order valence-corrected chi connectivity index (χ3v) is 9.73. The van der Waals surface area contributed by atoms with Gasteiger partial charge >= 0.3 is 0 Å². The van der Waals surface area contributed by atoms with Gasteiger partial charge in [-0.2, -0.15) is 0 Å². The summed E-state index contributed by atoms with van der Waals surface area (Å²) in [5.74, 6) is -1.98. The van der Waals surface area contributed by atoms with Crippen LogP contribution in [-0.4, -0.2) is 71.8 Å². The van der Waals surface area contributed by atoms with E-state index < -0.39 is 35.8 Å². The molecule has 5 aromatic rings. The van der Waals surface area contributed by atoms with Crippen LogP contribution in [0.4, 0.5) is 0 Å². The maximum absolute atomic E-state index is 14.4. The number of likely N-dealkylation sites (N-methyl/N-ethyl adjacent to an activating group) is 1. The highest BCUT2D eigenvalue weighted by atomic mass is 16.2. The fraction of sp³-hybridized carbons (Fsp3) is 0.300. The molecule has 0 saturated carbocycles. The first kappa shape index (κ1) is 34.4. The molecular weight excluding hydrogens is 628 g/mol. The monoisotopic (exact) mass is 672 g/mol. The lowest BCUT2D eigenvalue weighted by Gasteiger charge is -2.31. The Kier molecular flexibility index (Phi) is 10.9. The minimum absolute atomic E-state index is 0.153. The Labute approximate surface area is 291 Å². The number of para-hydroxylation sites is 1. The summed E-state index contributed by atoms with van der Waals surface area (Å²) in [7, 11) is 1.54. The number of aromatic amines is 1. The number of nitrogens with two attached hydrogens (primary N) is 1. The van der Waals surface area contributed by atoms with E-state index in [-0.39, 0.29) is 31.1 Å². The second-order valence-corrected chi connectivity index (χ2v) is 13.2. The Balaban J connectivity index is 1.30. The van der Waals surface area contributed by atoms with Crippen LogP contribution in [0.15, 0.2) is 103 Å². The van der Waals surface area contributed by atoms with Crippen molar-refractivity contribution in [1.82, 2.24) is 25.8 Å². The summed E-state index contributed by atoms with van der Waals surface area (Å²) in [6.07, 6.45) is 3.80. The van der Waals surface area contributed by atoms with Gasteiger partial charge in [-0.05, 0) is 59.5 Å². The summed E-state index contributed by atoms with van der Waals surface area (Å²) in [4.78, 5) is 59.6. The summed E-state index contributed by atoms with van der Waals surface area (Å²) in [6.45, 7) is 1.47. The molecule has 6 N–H and O–H groups in total. The molecule has 3 atom stereocenters. The van der Waals surface area contributed by atoms with Gasteiger partial charge in [0.15, 0.2) is 0 Å². The van der Waals surface area contributed by atoms with E-state index in [4.69, 9.17) is 5.73 Å². The lowest BCUT2D eigenvalue weighted by Crippen LogP contribution is -2.58. The second-order valence-electron chi connectivity index (χ2n) is 13.2. The van der Waals surface area contributed by atoms with Gasteiger partial charge < -0.3 is 31.6 Å². The average Bonchev–Trinajstić information content (AvgIpc) is 3.55. The molecule has 1 fully saturated rings. The van der Waals surface area contributed by atoms with Crippen molar-refractivity contribution in [2.45, 2.75) is 50.2 Å². The standard InChI is InChI=1S/C40H44N6O4/c1-46(36(37(41)47)23-26-9-3-2-4-10-26)40(50)35(24-31-25-43-33-14-8-7-13-32(31)33)45-39(49)34(44-38(48)29-17-19-42-20-18-29)22-27-15-16-28-11-5-6-12-30(28)21-27/h2-16,21,25,29,34-36,42-43H,17-20,22-24H2,1H3,(H2,41,47)(H,44,48)(H,45,49)/t34-,35-,36+/m1/s1. The van der Waals surface area contributed by atoms with E-state index in [1.807, 2.05) is 103 Å². The van der Waals surface area contributed by atoms with Crippen molar-refractivity contribution in [2.24, 2.45) is 11.7 Å². The molecule has 0 unspecified atom stereocenters. The lowest BCUT2D eigenvalue weighted by atomic mass is 9.95. The zero-order valence-corrected chi connectivity index (χ0v) is 28.2. The van der Waals surface area contributed by atoms with Crippen LogP contribution >= 0.6 is 0 Å². The van der Waals surface area contributed by atoms with Crippen molar-refractivity contribution in [2.75, 3.05) is 20.1 Å². The molecule has 0 aliphatic carbocycles. The number of benzene rings is 4. The summed E-state index contributed by atoms with van der Waals surface area (Å²) >= 11 is 0. The molecule has 0 spiro atoms. The minimum Gasteiger partial charge on any atom is -0.368 e. The average molecular weight is 673 g/mol. The maximum Gasteiger partial charge on any atom is 0.245 e. The van der Waals surface area contributed by atoms with Crippen molar-refractivity contribution < 1.29 is 19.2 Å². The summed E-state index contributed by atoms with van der Waals surface area (Å²) in [5, 5.41) is 12.3. The second kappa shape index (κ2) is 15.8. The van der Waals surface area contributed by atoms with Crippen molar-refractivity contribution in [3.05, 3.63) is 120 Å². The topological polar surface area (TPSA) is 149 Å². The first-order valence-electron chi connectivity index (χ1n) is 17.2. The number of carbonyl (C=O) groups excluding carboxylic acids is 4. The van der Waals surface area contributed by atoms with Crippen molar-refractivity contribution in [3.63, 3.8) is 0 Å². The number of H-pyrrole nitrogens is 1. The molecule has 1 aliphatic heterocycles. The Morgan fingerprint density at radius 3 is 2.24 bits per heavy atom. The van der Waals surface area contributed by atoms with Gasteiger partial charge in [-0.25, -0.2) is 0 Å². The van der Waals surface area contributed by atoms with Gasteiger partial charge in [0.2, 0.25) is 23.6 Å². The van der Waals surface area contributed by atoms with Gasteiger partial charge in [-0.15, -0.1) is 0 Å². The predicted octanol–water partition coefficient (Wildman–Crippen LogP) is 3.63.